The van der Waals surface area contributed by atoms with Gasteiger partial charge in [-0.3, -0.25) is 14.5 Å². The van der Waals surface area contributed by atoms with Crippen LogP contribution in [0.4, 0.5) is 4.79 Å². The fraction of sp³-hybridized carbons (Fsp3) is 0.500. The van der Waals surface area contributed by atoms with E-state index in [1.165, 1.54) is 0 Å². The van der Waals surface area contributed by atoms with Crippen molar-refractivity contribution in [3.63, 3.8) is 0 Å². The number of carbonyl (C=O) groups excluding carboxylic acids is 3. The van der Waals surface area contributed by atoms with Gasteiger partial charge in [0.25, 0.3) is 5.91 Å². The predicted molar refractivity (Wildman–Crippen MR) is 96.2 cm³/mol. The van der Waals surface area contributed by atoms with Crippen LogP contribution < -0.4 is 10.6 Å². The zero-order valence-electron chi connectivity index (χ0n) is 14.8. The van der Waals surface area contributed by atoms with E-state index in [9.17, 15) is 14.4 Å². The highest BCUT2D eigenvalue weighted by atomic mass is 35.5. The second-order valence-electron chi connectivity index (χ2n) is 6.17. The molecule has 0 radical (unpaired) electrons. The number of nitrogens with zero attached hydrogens (tertiary/aromatic N) is 1. The van der Waals surface area contributed by atoms with Crippen molar-refractivity contribution in [2.45, 2.75) is 51.6 Å². The maximum Gasteiger partial charge on any atom is 0.325 e. The summed E-state index contributed by atoms with van der Waals surface area (Å²) in [5.74, 6) is -0.748. The maximum absolute atomic E-state index is 12.9. The van der Waals surface area contributed by atoms with E-state index in [0.29, 0.717) is 17.0 Å². The van der Waals surface area contributed by atoms with Crippen molar-refractivity contribution in [3.05, 3.63) is 34.9 Å². The van der Waals surface area contributed by atoms with Crippen molar-refractivity contribution in [1.82, 2.24) is 15.5 Å². The number of hydrogen-bond acceptors (Lipinski definition) is 3. The molecular weight excluding hydrogens is 342 g/mol. The van der Waals surface area contributed by atoms with Gasteiger partial charge in [0.2, 0.25) is 5.91 Å². The van der Waals surface area contributed by atoms with Gasteiger partial charge in [-0.05, 0) is 37.0 Å². The molecule has 1 fully saturated rings. The lowest BCUT2D eigenvalue weighted by Crippen LogP contribution is -2.46. The quantitative estimate of drug-likeness (QED) is 0.729. The highest BCUT2D eigenvalue weighted by Crippen LogP contribution is 2.32. The summed E-state index contributed by atoms with van der Waals surface area (Å²) in [5, 5.41) is 6.15. The minimum atomic E-state index is -1.16. The smallest absolute Gasteiger partial charge is 0.325 e. The van der Waals surface area contributed by atoms with Gasteiger partial charge in [-0.2, -0.15) is 0 Å². The molecular formula is C18H24ClN3O3. The number of imide groups is 1. The second-order valence-corrected chi connectivity index (χ2v) is 6.60. The van der Waals surface area contributed by atoms with Crippen LogP contribution in [0.5, 0.6) is 0 Å². The maximum atomic E-state index is 12.9. The van der Waals surface area contributed by atoms with Crippen LogP contribution in [0.1, 0.15) is 45.6 Å². The van der Waals surface area contributed by atoms with Gasteiger partial charge >= 0.3 is 6.03 Å². The number of halogens is 1. The number of nitrogens with one attached hydrogen (secondary N) is 2. The van der Waals surface area contributed by atoms with E-state index in [4.69, 9.17) is 11.6 Å². The van der Waals surface area contributed by atoms with Gasteiger partial charge in [-0.15, -0.1) is 0 Å². The van der Waals surface area contributed by atoms with Crippen molar-refractivity contribution in [2.24, 2.45) is 0 Å². The molecule has 1 saturated heterocycles. The standard InChI is InChI=1S/C18H24ClN3O3/c1-4-14(5-2)20-15(23)11-22-16(24)18(6-3,21-17(22)25)12-7-9-13(19)10-8-12/h7-10,14H,4-6,11H2,1-3H3,(H,20,23)(H,21,25)/t18-/m0/s1. The van der Waals surface area contributed by atoms with E-state index in [-0.39, 0.29) is 18.5 Å². The van der Waals surface area contributed by atoms with Crippen molar-refractivity contribution < 1.29 is 14.4 Å². The van der Waals surface area contributed by atoms with Gasteiger partial charge in [0, 0.05) is 11.1 Å². The first-order valence-corrected chi connectivity index (χ1v) is 8.95. The minimum absolute atomic E-state index is 0.0421. The number of carbonyl (C=O) groups is 3. The Morgan fingerprint density at radius 3 is 2.32 bits per heavy atom. The summed E-state index contributed by atoms with van der Waals surface area (Å²) >= 11 is 5.91. The van der Waals surface area contributed by atoms with Crippen LogP contribution in [0.3, 0.4) is 0 Å². The summed E-state index contributed by atoms with van der Waals surface area (Å²) in [6, 6.07) is 6.28. The first kappa shape index (κ1) is 19.2. The fourth-order valence-electron chi connectivity index (χ4n) is 3.05. The molecule has 2 rings (SSSR count). The van der Waals surface area contributed by atoms with Crippen LogP contribution in [-0.2, 0) is 15.1 Å². The van der Waals surface area contributed by atoms with Gasteiger partial charge < -0.3 is 10.6 Å². The van der Waals surface area contributed by atoms with Crippen molar-refractivity contribution in [3.8, 4) is 0 Å². The Balaban J connectivity index is 2.20. The molecule has 0 aromatic heterocycles. The zero-order valence-corrected chi connectivity index (χ0v) is 15.5. The normalized spacial score (nSPS) is 20.1. The SMILES string of the molecule is CCC(CC)NC(=O)CN1C(=O)N[C@@](CC)(c2ccc(Cl)cc2)C1=O. The molecule has 2 N–H and O–H groups in total. The number of benzene rings is 1. The Morgan fingerprint density at radius 2 is 1.80 bits per heavy atom. The first-order valence-electron chi connectivity index (χ1n) is 8.57. The zero-order chi connectivity index (χ0) is 18.6. The first-order chi connectivity index (χ1) is 11.9. The van der Waals surface area contributed by atoms with E-state index in [1.807, 2.05) is 20.8 Å². The molecule has 4 amide bonds. The van der Waals surface area contributed by atoms with Crippen LogP contribution in [0.25, 0.3) is 0 Å². The summed E-state index contributed by atoms with van der Waals surface area (Å²) < 4.78 is 0. The third-order valence-corrected chi connectivity index (χ3v) is 4.95. The van der Waals surface area contributed by atoms with Crippen molar-refractivity contribution in [1.29, 1.82) is 0 Å². The Hall–Kier alpha value is -2.08. The summed E-state index contributed by atoms with van der Waals surface area (Å²) in [6.07, 6.45) is 1.97. The van der Waals surface area contributed by atoms with Crippen LogP contribution in [0, 0.1) is 0 Å². The molecule has 0 bridgehead atoms. The third kappa shape index (κ3) is 3.79. The molecule has 1 aromatic carbocycles. The number of hydrogen-bond donors (Lipinski definition) is 2. The Morgan fingerprint density at radius 1 is 1.20 bits per heavy atom. The molecule has 1 aromatic rings. The molecule has 1 aliphatic rings. The summed E-state index contributed by atoms with van der Waals surface area (Å²) in [6.45, 7) is 5.49. The number of urea groups is 1. The minimum Gasteiger partial charge on any atom is -0.352 e. The molecule has 0 aliphatic carbocycles. The lowest BCUT2D eigenvalue weighted by atomic mass is 9.87. The van der Waals surface area contributed by atoms with E-state index in [0.717, 1.165) is 17.7 Å². The summed E-state index contributed by atoms with van der Waals surface area (Å²) in [7, 11) is 0. The van der Waals surface area contributed by atoms with Gasteiger partial charge in [0.05, 0.1) is 0 Å². The van der Waals surface area contributed by atoms with Gasteiger partial charge in [0.1, 0.15) is 12.1 Å². The Labute approximate surface area is 152 Å². The van der Waals surface area contributed by atoms with Crippen molar-refractivity contribution in [2.75, 3.05) is 6.54 Å². The predicted octanol–water partition coefficient (Wildman–Crippen LogP) is 2.80. The topological polar surface area (TPSA) is 78.5 Å². The molecule has 0 spiro atoms. The van der Waals surface area contributed by atoms with Crippen LogP contribution in [-0.4, -0.2) is 35.3 Å². The lowest BCUT2D eigenvalue weighted by molar-refractivity contribution is -0.135. The van der Waals surface area contributed by atoms with Gasteiger partial charge in [0.15, 0.2) is 0 Å². The average Bonchev–Trinajstić information content (AvgIpc) is 2.85. The highest BCUT2D eigenvalue weighted by Gasteiger charge is 2.51. The molecule has 6 nitrogen and oxygen atoms in total. The molecule has 0 unspecified atom stereocenters. The lowest BCUT2D eigenvalue weighted by Gasteiger charge is -2.26. The number of rotatable bonds is 7. The van der Waals surface area contributed by atoms with Gasteiger partial charge in [-0.1, -0.05) is 44.5 Å². The Kier molecular flexibility index (Phi) is 6.06. The van der Waals surface area contributed by atoms with E-state index >= 15 is 0 Å². The molecule has 7 heteroatoms. The van der Waals surface area contributed by atoms with E-state index in [1.54, 1.807) is 24.3 Å². The van der Waals surface area contributed by atoms with Gasteiger partial charge in [-0.25, -0.2) is 4.79 Å². The molecule has 0 saturated carbocycles. The largest absolute Gasteiger partial charge is 0.352 e. The molecule has 1 aliphatic heterocycles. The van der Waals surface area contributed by atoms with Crippen LogP contribution >= 0.6 is 11.6 Å². The van der Waals surface area contributed by atoms with Crippen LogP contribution in [0.2, 0.25) is 5.02 Å². The average molecular weight is 366 g/mol. The third-order valence-electron chi connectivity index (χ3n) is 4.70. The summed E-state index contributed by atoms with van der Waals surface area (Å²) in [4.78, 5) is 38.5. The molecule has 136 valence electrons. The van der Waals surface area contributed by atoms with E-state index in [2.05, 4.69) is 10.6 Å². The molecule has 1 heterocycles. The van der Waals surface area contributed by atoms with E-state index < -0.39 is 17.5 Å². The Bertz CT molecular complexity index is 658. The molecule has 25 heavy (non-hydrogen) atoms. The monoisotopic (exact) mass is 365 g/mol. The second kappa shape index (κ2) is 7.87. The summed E-state index contributed by atoms with van der Waals surface area (Å²) in [5.41, 5.74) is -0.503. The van der Waals surface area contributed by atoms with Crippen molar-refractivity contribution >= 4 is 29.4 Å². The molecule has 1 atom stereocenters. The number of amides is 4. The highest BCUT2D eigenvalue weighted by molar-refractivity contribution is 6.30. The fourth-order valence-corrected chi connectivity index (χ4v) is 3.18. The van der Waals surface area contributed by atoms with Crippen LogP contribution in [0.15, 0.2) is 24.3 Å².